The van der Waals surface area contributed by atoms with E-state index in [2.05, 4.69) is 82.8 Å². The van der Waals surface area contributed by atoms with Crippen LogP contribution in [0.5, 0.6) is 0 Å². The zero-order valence-electron chi connectivity index (χ0n) is 20.9. The molecule has 0 bridgehead atoms. The third-order valence-corrected chi connectivity index (χ3v) is 6.47. The van der Waals surface area contributed by atoms with Crippen LogP contribution in [0.15, 0.2) is 35.9 Å². The van der Waals surface area contributed by atoms with Crippen LogP contribution in [0.1, 0.15) is 82.5 Å². The molecular weight excluding hydrogens is 414 g/mol. The van der Waals surface area contributed by atoms with Gasteiger partial charge >= 0.3 is 0 Å². The lowest BCUT2D eigenvalue weighted by Crippen LogP contribution is -2.43. The smallest absolute Gasteiger partial charge is 0.107 e. The molecule has 0 unspecified atom stereocenters. The Kier molecular flexibility index (Phi) is 10.4. The third-order valence-electron chi connectivity index (χ3n) is 6.47. The van der Waals surface area contributed by atoms with Gasteiger partial charge in [0, 0.05) is 16.6 Å². The van der Waals surface area contributed by atoms with E-state index in [-0.39, 0.29) is 0 Å². The fourth-order valence-electron chi connectivity index (χ4n) is 4.91. The Hall–Kier alpha value is -2.38. The van der Waals surface area contributed by atoms with Crippen LogP contribution < -0.4 is 0 Å². The van der Waals surface area contributed by atoms with Crippen molar-refractivity contribution >= 4 is 16.5 Å². The Morgan fingerprint density at radius 2 is 1.79 bits per heavy atom. The molecule has 3 rings (SSSR count). The van der Waals surface area contributed by atoms with Crippen molar-refractivity contribution in [2.75, 3.05) is 26.4 Å². The highest BCUT2D eigenvalue weighted by molar-refractivity contribution is 5.92. The van der Waals surface area contributed by atoms with Gasteiger partial charge in [-0.2, -0.15) is 0 Å². The standard InChI is InChI=1S/C27H38F2N2.C2H2/c1-6-7-22(14-18(2)3)27-26(19(4)5)24-15-21(8-9-25(24)30-27)20-10-12-31(13-11-20)23(16-28)17-29;1-2/h7-9,14-15,19-20,23,30H,6,10-13,16-17H2,1-5H3;1-2H/b22-7+;. The summed E-state index contributed by atoms with van der Waals surface area (Å²) in [5, 5.41) is 1.31. The van der Waals surface area contributed by atoms with Gasteiger partial charge < -0.3 is 4.98 Å². The fraction of sp³-hybridized carbons (Fsp3) is 0.517. The number of aromatic nitrogens is 1. The maximum atomic E-state index is 13.1. The number of halogens is 2. The molecule has 0 saturated carbocycles. The number of allylic oxidation sites excluding steroid dienone is 4. The van der Waals surface area contributed by atoms with Crippen molar-refractivity contribution < 1.29 is 8.78 Å². The highest BCUT2D eigenvalue weighted by Gasteiger charge is 2.26. The van der Waals surface area contributed by atoms with Gasteiger partial charge in [-0.05, 0) is 86.9 Å². The lowest BCUT2D eigenvalue weighted by molar-refractivity contribution is 0.109. The summed E-state index contributed by atoms with van der Waals surface area (Å²) in [6.07, 6.45) is 15.5. The predicted molar refractivity (Wildman–Crippen MR) is 139 cm³/mol. The number of likely N-dealkylation sites (tertiary alicyclic amines) is 1. The SMILES string of the molecule is C#C.CC/C=C(\C=C(C)C)c1[nH]c2ccc(C3CCN(C(CF)CF)CC3)cc2c1C(C)C. The molecule has 2 aromatic rings. The van der Waals surface area contributed by atoms with Gasteiger partial charge in [0.15, 0.2) is 0 Å². The maximum absolute atomic E-state index is 13.1. The number of piperidine rings is 1. The summed E-state index contributed by atoms with van der Waals surface area (Å²) in [7, 11) is 0. The van der Waals surface area contributed by atoms with E-state index in [0.717, 1.165) is 32.4 Å². The molecule has 2 heterocycles. The summed E-state index contributed by atoms with van der Waals surface area (Å²) in [4.78, 5) is 5.68. The van der Waals surface area contributed by atoms with Crippen LogP contribution in [-0.2, 0) is 0 Å². The first-order valence-corrected chi connectivity index (χ1v) is 12.1. The summed E-state index contributed by atoms with van der Waals surface area (Å²) in [5.41, 5.74) is 7.69. The molecule has 1 aliphatic rings. The molecule has 0 spiro atoms. The number of H-pyrrole nitrogens is 1. The lowest BCUT2D eigenvalue weighted by atomic mass is 9.87. The first-order valence-electron chi connectivity index (χ1n) is 12.1. The van der Waals surface area contributed by atoms with E-state index >= 15 is 0 Å². The van der Waals surface area contributed by atoms with Crippen LogP contribution in [-0.4, -0.2) is 42.4 Å². The second kappa shape index (κ2) is 12.8. The Labute approximate surface area is 199 Å². The first kappa shape index (κ1) is 26.9. The van der Waals surface area contributed by atoms with Crippen molar-refractivity contribution in [3.8, 4) is 12.8 Å². The first-order chi connectivity index (χ1) is 15.9. The number of fused-ring (bicyclic) bond motifs is 1. The monoisotopic (exact) mass is 454 g/mol. The molecular formula is C29H40F2N2. The van der Waals surface area contributed by atoms with Crippen molar-refractivity contribution in [1.82, 2.24) is 9.88 Å². The molecule has 1 saturated heterocycles. The number of aromatic amines is 1. The van der Waals surface area contributed by atoms with E-state index in [0.29, 0.717) is 11.8 Å². The number of rotatable bonds is 8. The van der Waals surface area contributed by atoms with Crippen LogP contribution >= 0.6 is 0 Å². The summed E-state index contributed by atoms with van der Waals surface area (Å²) in [5.74, 6) is 0.851. The molecule has 0 atom stereocenters. The highest BCUT2D eigenvalue weighted by atomic mass is 19.1. The van der Waals surface area contributed by atoms with E-state index in [4.69, 9.17) is 0 Å². The minimum Gasteiger partial charge on any atom is -0.354 e. The molecule has 180 valence electrons. The topological polar surface area (TPSA) is 19.0 Å². The molecule has 1 fully saturated rings. The second-order valence-corrected chi connectivity index (χ2v) is 9.44. The van der Waals surface area contributed by atoms with Crippen molar-refractivity contribution in [1.29, 1.82) is 0 Å². The van der Waals surface area contributed by atoms with E-state index in [9.17, 15) is 8.78 Å². The van der Waals surface area contributed by atoms with Crippen molar-refractivity contribution in [2.45, 2.75) is 71.8 Å². The average Bonchev–Trinajstić information content (AvgIpc) is 3.20. The van der Waals surface area contributed by atoms with Crippen molar-refractivity contribution in [3.05, 3.63) is 52.7 Å². The molecule has 1 aromatic heterocycles. The van der Waals surface area contributed by atoms with Crippen LogP contribution in [0.4, 0.5) is 8.78 Å². The number of benzene rings is 1. The van der Waals surface area contributed by atoms with Crippen molar-refractivity contribution in [3.63, 3.8) is 0 Å². The molecule has 1 N–H and O–H groups in total. The summed E-state index contributed by atoms with van der Waals surface area (Å²) >= 11 is 0. The summed E-state index contributed by atoms with van der Waals surface area (Å²) in [6.45, 7) is 11.3. The van der Waals surface area contributed by atoms with Gasteiger partial charge in [0.1, 0.15) is 13.3 Å². The van der Waals surface area contributed by atoms with Crippen LogP contribution in [0.25, 0.3) is 16.5 Å². The third kappa shape index (κ3) is 6.36. The van der Waals surface area contributed by atoms with Crippen LogP contribution in [0.2, 0.25) is 0 Å². The molecule has 1 aliphatic heterocycles. The van der Waals surface area contributed by atoms with Gasteiger partial charge in [-0.3, -0.25) is 4.90 Å². The second-order valence-electron chi connectivity index (χ2n) is 9.44. The Bertz CT molecular complexity index is 964. The zero-order chi connectivity index (χ0) is 24.5. The largest absolute Gasteiger partial charge is 0.354 e. The Morgan fingerprint density at radius 1 is 1.15 bits per heavy atom. The Balaban J connectivity index is 0.00000187. The molecule has 33 heavy (non-hydrogen) atoms. The van der Waals surface area contributed by atoms with Gasteiger partial charge in [-0.25, -0.2) is 8.78 Å². The minimum absolute atomic E-state index is 0.404. The molecule has 1 aromatic carbocycles. The maximum Gasteiger partial charge on any atom is 0.107 e. The number of hydrogen-bond acceptors (Lipinski definition) is 1. The average molecular weight is 455 g/mol. The zero-order valence-corrected chi connectivity index (χ0v) is 20.9. The van der Waals surface area contributed by atoms with E-state index in [1.165, 1.54) is 38.9 Å². The lowest BCUT2D eigenvalue weighted by Gasteiger charge is -2.35. The van der Waals surface area contributed by atoms with Gasteiger partial charge in [-0.1, -0.05) is 44.6 Å². The normalized spacial score (nSPS) is 15.7. The Morgan fingerprint density at radius 3 is 2.30 bits per heavy atom. The molecule has 2 nitrogen and oxygen atoms in total. The van der Waals surface area contributed by atoms with Crippen LogP contribution in [0, 0.1) is 12.8 Å². The van der Waals surface area contributed by atoms with E-state index in [1.807, 2.05) is 4.90 Å². The molecule has 0 radical (unpaired) electrons. The predicted octanol–water partition coefficient (Wildman–Crippen LogP) is 7.79. The van der Waals surface area contributed by atoms with Gasteiger partial charge in [0.05, 0.1) is 6.04 Å². The minimum atomic E-state index is -0.601. The summed E-state index contributed by atoms with van der Waals surface area (Å²) in [6, 6.07) is 6.24. The van der Waals surface area contributed by atoms with Crippen molar-refractivity contribution in [2.24, 2.45) is 0 Å². The highest BCUT2D eigenvalue weighted by Crippen LogP contribution is 2.37. The number of alkyl halides is 2. The fourth-order valence-corrected chi connectivity index (χ4v) is 4.91. The van der Waals surface area contributed by atoms with E-state index < -0.39 is 19.4 Å². The van der Waals surface area contributed by atoms with Gasteiger partial charge in [-0.15, -0.1) is 12.8 Å². The number of terminal acetylenes is 1. The quantitative estimate of drug-likeness (QED) is 0.319. The molecule has 4 heteroatoms. The summed E-state index contributed by atoms with van der Waals surface area (Å²) < 4.78 is 26.1. The molecule has 0 aliphatic carbocycles. The molecule has 0 amide bonds. The van der Waals surface area contributed by atoms with Gasteiger partial charge in [0.25, 0.3) is 0 Å². The number of nitrogens with zero attached hydrogens (tertiary/aromatic N) is 1. The van der Waals surface area contributed by atoms with E-state index in [1.54, 1.807) is 0 Å². The van der Waals surface area contributed by atoms with Crippen LogP contribution in [0.3, 0.4) is 0 Å². The number of hydrogen-bond donors (Lipinski definition) is 1. The number of nitrogens with one attached hydrogen (secondary N) is 1. The van der Waals surface area contributed by atoms with Gasteiger partial charge in [0.2, 0.25) is 0 Å².